The first-order valence-corrected chi connectivity index (χ1v) is 8.91. The molecule has 0 bridgehead atoms. The first-order chi connectivity index (χ1) is 12.5. The zero-order chi connectivity index (χ0) is 18.1. The summed E-state index contributed by atoms with van der Waals surface area (Å²) in [5, 5.41) is 0. The fraction of sp³-hybridized carbons (Fsp3) is 0.286. The minimum Gasteiger partial charge on any atom is -0.227 e. The van der Waals surface area contributed by atoms with Crippen molar-refractivity contribution in [2.45, 2.75) is 38.4 Å². The summed E-state index contributed by atoms with van der Waals surface area (Å²) in [6, 6.07) is 15.6. The molecule has 4 rings (SSSR count). The smallest absolute Gasteiger partial charge is 0.227 e. The molecule has 0 N–H and O–H groups in total. The fourth-order valence-corrected chi connectivity index (χ4v) is 3.67. The molecule has 0 spiro atoms. The Labute approximate surface area is 167 Å². The zero-order valence-electron chi connectivity index (χ0n) is 14.7. The Kier molecular flexibility index (Phi) is 5.75. The summed E-state index contributed by atoms with van der Waals surface area (Å²) >= 11 is 0. The number of halogens is 4. The third kappa shape index (κ3) is 3.95. The molecule has 0 unspecified atom stereocenters. The van der Waals surface area contributed by atoms with Gasteiger partial charge in [0, 0.05) is 12.0 Å². The lowest BCUT2D eigenvalue weighted by Gasteiger charge is -2.08. The number of alkyl halides is 3. The SMILES string of the molecule is Br.FC(F)(F)c1cccc(-n2cc(-c3ccccc3)[n+]3c2CCCCC3)c1. The summed E-state index contributed by atoms with van der Waals surface area (Å²) in [5.74, 6) is 1.07. The maximum absolute atomic E-state index is 13.1. The lowest BCUT2D eigenvalue weighted by atomic mass is 10.1. The predicted octanol–water partition coefficient (Wildman–Crippen LogP) is 5.75. The van der Waals surface area contributed by atoms with Crippen molar-refractivity contribution in [1.82, 2.24) is 4.57 Å². The van der Waals surface area contributed by atoms with Crippen LogP contribution >= 0.6 is 17.0 Å². The Morgan fingerprint density at radius 2 is 1.67 bits per heavy atom. The summed E-state index contributed by atoms with van der Waals surface area (Å²) in [5.41, 5.74) is 2.09. The molecule has 2 nitrogen and oxygen atoms in total. The number of hydrogen-bond acceptors (Lipinski definition) is 0. The highest BCUT2D eigenvalue weighted by Gasteiger charge is 2.32. The second kappa shape index (κ2) is 7.89. The van der Waals surface area contributed by atoms with Crippen molar-refractivity contribution >= 4 is 17.0 Å². The van der Waals surface area contributed by atoms with Gasteiger partial charge in [-0.1, -0.05) is 36.4 Å². The van der Waals surface area contributed by atoms with Crippen LogP contribution in [0.25, 0.3) is 16.9 Å². The zero-order valence-corrected chi connectivity index (χ0v) is 16.5. The van der Waals surface area contributed by atoms with E-state index in [4.69, 9.17) is 0 Å². The van der Waals surface area contributed by atoms with Gasteiger partial charge in [0.2, 0.25) is 0 Å². The van der Waals surface area contributed by atoms with Crippen LogP contribution in [0.2, 0.25) is 0 Å². The molecule has 1 aliphatic rings. The summed E-state index contributed by atoms with van der Waals surface area (Å²) in [7, 11) is 0. The van der Waals surface area contributed by atoms with E-state index in [-0.39, 0.29) is 17.0 Å². The molecule has 0 radical (unpaired) electrons. The molecule has 2 aromatic carbocycles. The molecule has 0 amide bonds. The topological polar surface area (TPSA) is 8.81 Å². The van der Waals surface area contributed by atoms with Crippen LogP contribution in [0.1, 0.15) is 30.7 Å². The lowest BCUT2D eigenvalue weighted by molar-refractivity contribution is -0.692. The number of nitrogens with zero attached hydrogens (tertiary/aromatic N) is 2. The number of fused-ring (bicyclic) bond motifs is 1. The molecule has 6 heteroatoms. The van der Waals surface area contributed by atoms with Crippen LogP contribution in [0.15, 0.2) is 60.8 Å². The molecule has 0 fully saturated rings. The highest BCUT2D eigenvalue weighted by Crippen LogP contribution is 2.31. The van der Waals surface area contributed by atoms with Crippen LogP contribution < -0.4 is 4.57 Å². The van der Waals surface area contributed by atoms with Crippen molar-refractivity contribution in [2.24, 2.45) is 0 Å². The molecular weight excluding hydrogens is 417 g/mol. The van der Waals surface area contributed by atoms with Crippen molar-refractivity contribution in [3.05, 3.63) is 72.2 Å². The fourth-order valence-electron chi connectivity index (χ4n) is 3.67. The highest BCUT2D eigenvalue weighted by molar-refractivity contribution is 8.93. The molecule has 0 aliphatic carbocycles. The molecule has 0 saturated carbocycles. The van der Waals surface area contributed by atoms with Crippen LogP contribution in [0.4, 0.5) is 13.2 Å². The van der Waals surface area contributed by atoms with Gasteiger partial charge >= 0.3 is 6.18 Å². The number of imidazole rings is 1. The van der Waals surface area contributed by atoms with Crippen LogP contribution in [-0.2, 0) is 19.1 Å². The first kappa shape index (κ1) is 19.7. The number of benzene rings is 2. The number of hydrogen-bond donors (Lipinski definition) is 0. The van der Waals surface area contributed by atoms with Gasteiger partial charge in [-0.3, -0.25) is 0 Å². The molecule has 1 aliphatic heterocycles. The number of rotatable bonds is 2. The predicted molar refractivity (Wildman–Crippen MR) is 104 cm³/mol. The largest absolute Gasteiger partial charge is 0.416 e. The van der Waals surface area contributed by atoms with Gasteiger partial charge in [-0.15, -0.1) is 17.0 Å². The second-order valence-corrected chi connectivity index (χ2v) is 6.68. The molecule has 0 saturated heterocycles. The van der Waals surface area contributed by atoms with E-state index in [2.05, 4.69) is 4.57 Å². The van der Waals surface area contributed by atoms with E-state index in [0.717, 1.165) is 55.4 Å². The normalized spacial score (nSPS) is 14.2. The Balaban J connectivity index is 0.00000210. The molecule has 142 valence electrons. The highest BCUT2D eigenvalue weighted by atomic mass is 79.9. The molecule has 27 heavy (non-hydrogen) atoms. The van der Waals surface area contributed by atoms with Gasteiger partial charge in [0.15, 0.2) is 5.69 Å². The van der Waals surface area contributed by atoms with E-state index in [1.54, 1.807) is 6.07 Å². The van der Waals surface area contributed by atoms with Crippen LogP contribution in [0, 0.1) is 0 Å². The van der Waals surface area contributed by atoms with E-state index >= 15 is 0 Å². The standard InChI is InChI=1S/C21H20F3N2.BrH/c22-21(23,24)17-10-7-11-18(14-17)26-15-19(16-8-3-1-4-9-16)25-13-6-2-5-12-20(25)26;/h1,3-4,7-11,14-15H,2,5-6,12-13H2;1H/q+1;. The van der Waals surface area contributed by atoms with Gasteiger partial charge in [-0.25, -0.2) is 4.57 Å². The quantitative estimate of drug-likeness (QED) is 0.451. The van der Waals surface area contributed by atoms with E-state index in [1.165, 1.54) is 12.1 Å². The number of aromatic nitrogens is 2. The Bertz CT molecular complexity index is 917. The average molecular weight is 438 g/mol. The van der Waals surface area contributed by atoms with Gasteiger partial charge in [-0.05, 0) is 37.5 Å². The summed E-state index contributed by atoms with van der Waals surface area (Å²) < 4.78 is 43.6. The van der Waals surface area contributed by atoms with Gasteiger partial charge in [0.25, 0.3) is 5.82 Å². The van der Waals surface area contributed by atoms with E-state index in [1.807, 2.05) is 41.1 Å². The minimum atomic E-state index is -4.34. The summed E-state index contributed by atoms with van der Waals surface area (Å²) in [6.45, 7) is 0.894. The lowest BCUT2D eigenvalue weighted by Crippen LogP contribution is -2.38. The Morgan fingerprint density at radius 3 is 2.41 bits per heavy atom. The second-order valence-electron chi connectivity index (χ2n) is 6.68. The van der Waals surface area contributed by atoms with E-state index in [9.17, 15) is 13.2 Å². The summed E-state index contributed by atoms with van der Waals surface area (Å²) in [4.78, 5) is 0. The van der Waals surface area contributed by atoms with E-state index in [0.29, 0.717) is 5.69 Å². The van der Waals surface area contributed by atoms with Crippen LogP contribution in [0.3, 0.4) is 0 Å². The van der Waals surface area contributed by atoms with Gasteiger partial charge < -0.3 is 0 Å². The van der Waals surface area contributed by atoms with Crippen molar-refractivity contribution in [3.63, 3.8) is 0 Å². The third-order valence-electron chi connectivity index (χ3n) is 4.94. The molecule has 2 heterocycles. The van der Waals surface area contributed by atoms with Gasteiger partial charge in [0.05, 0.1) is 12.1 Å². The molecule has 0 atom stereocenters. The first-order valence-electron chi connectivity index (χ1n) is 8.91. The molecule has 3 aromatic rings. The minimum absolute atomic E-state index is 0. The van der Waals surface area contributed by atoms with Crippen molar-refractivity contribution < 1.29 is 17.7 Å². The van der Waals surface area contributed by atoms with Gasteiger partial charge in [-0.2, -0.15) is 17.7 Å². The maximum atomic E-state index is 13.1. The molecule has 1 aromatic heterocycles. The Morgan fingerprint density at radius 1 is 0.889 bits per heavy atom. The maximum Gasteiger partial charge on any atom is 0.416 e. The Hall–Kier alpha value is -2.08. The summed E-state index contributed by atoms with van der Waals surface area (Å²) in [6.07, 6.45) is 1.78. The van der Waals surface area contributed by atoms with Crippen molar-refractivity contribution in [1.29, 1.82) is 0 Å². The van der Waals surface area contributed by atoms with Crippen molar-refractivity contribution in [2.75, 3.05) is 0 Å². The average Bonchev–Trinajstić information content (AvgIpc) is 2.83. The monoisotopic (exact) mass is 437 g/mol. The van der Waals surface area contributed by atoms with Crippen LogP contribution in [0.5, 0.6) is 0 Å². The molecular formula is C21H21BrF3N2+. The van der Waals surface area contributed by atoms with Gasteiger partial charge in [0.1, 0.15) is 11.9 Å². The van der Waals surface area contributed by atoms with Crippen molar-refractivity contribution in [3.8, 4) is 16.9 Å². The third-order valence-corrected chi connectivity index (χ3v) is 4.94. The van der Waals surface area contributed by atoms with E-state index < -0.39 is 11.7 Å². The van der Waals surface area contributed by atoms with Crippen LogP contribution in [-0.4, -0.2) is 4.57 Å².